The maximum atomic E-state index is 13.2. The van der Waals surface area contributed by atoms with Gasteiger partial charge >= 0.3 is 0 Å². The fraction of sp³-hybridized carbons (Fsp3) is 0.615. The molecule has 3 aliphatic carbocycles. The van der Waals surface area contributed by atoms with Gasteiger partial charge in [-0.15, -0.1) is 0 Å². The highest BCUT2D eigenvalue weighted by Gasteiger charge is 2.50. The molecule has 1 amide bonds. The molecule has 5 nitrogen and oxygen atoms in total. The number of aromatic nitrogens is 1. The number of carbonyl (C=O) groups is 1. The number of amides is 1. The molecule has 166 valence electrons. The Balaban J connectivity index is 1.40. The summed E-state index contributed by atoms with van der Waals surface area (Å²) in [6.07, 6.45) is 11.3. The second-order valence-corrected chi connectivity index (χ2v) is 11.1. The number of hydrogen-bond donors (Lipinski definition) is 2. The molecule has 0 saturated heterocycles. The van der Waals surface area contributed by atoms with Crippen molar-refractivity contribution < 1.29 is 9.90 Å². The Kier molecular flexibility index (Phi) is 5.00. The van der Waals surface area contributed by atoms with Crippen LogP contribution in [-0.4, -0.2) is 22.2 Å². The lowest BCUT2D eigenvalue weighted by Gasteiger charge is -2.40. The van der Waals surface area contributed by atoms with Crippen molar-refractivity contribution >= 4 is 22.4 Å². The number of carbonyl (C=O) groups excluding carboxylic acids is 1. The fourth-order valence-corrected chi connectivity index (χ4v) is 7.01. The van der Waals surface area contributed by atoms with E-state index in [0.29, 0.717) is 17.5 Å². The van der Waals surface area contributed by atoms with E-state index < -0.39 is 5.54 Å². The third kappa shape index (κ3) is 3.61. The number of nitrogens with one attached hydrogen (secondary N) is 1. The highest BCUT2D eigenvalue weighted by molar-refractivity contribution is 6.02. The zero-order chi connectivity index (χ0) is 21.8. The van der Waals surface area contributed by atoms with Crippen molar-refractivity contribution in [2.24, 2.45) is 23.2 Å². The van der Waals surface area contributed by atoms with E-state index in [-0.39, 0.29) is 23.5 Å². The fourth-order valence-electron chi connectivity index (χ4n) is 7.01. The summed E-state index contributed by atoms with van der Waals surface area (Å²) < 4.78 is 1.57. The highest BCUT2D eigenvalue weighted by Crippen LogP contribution is 2.60. The van der Waals surface area contributed by atoms with Gasteiger partial charge in [0.15, 0.2) is 0 Å². The summed E-state index contributed by atoms with van der Waals surface area (Å²) in [5, 5.41) is 14.1. The van der Waals surface area contributed by atoms with Crippen molar-refractivity contribution in [2.45, 2.75) is 70.8 Å². The van der Waals surface area contributed by atoms with Crippen molar-refractivity contribution in [3.63, 3.8) is 0 Å². The van der Waals surface area contributed by atoms with Crippen LogP contribution in [0.4, 0.5) is 5.69 Å². The van der Waals surface area contributed by atoms with Gasteiger partial charge in [0.25, 0.3) is 5.56 Å². The zero-order valence-electron chi connectivity index (χ0n) is 18.7. The Hall–Kier alpha value is -2.14. The largest absolute Gasteiger partial charge is 0.394 e. The molecule has 0 radical (unpaired) electrons. The molecule has 3 bridgehead atoms. The summed E-state index contributed by atoms with van der Waals surface area (Å²) in [5.41, 5.74) is 0.0485. The number of anilines is 1. The molecule has 3 fully saturated rings. The molecule has 31 heavy (non-hydrogen) atoms. The molecule has 5 heteroatoms. The third-order valence-electron chi connectivity index (χ3n) is 8.43. The molecule has 1 aromatic heterocycles. The van der Waals surface area contributed by atoms with Crippen molar-refractivity contribution in [2.75, 3.05) is 11.9 Å². The second-order valence-electron chi connectivity index (χ2n) is 11.1. The average Bonchev–Trinajstić information content (AvgIpc) is 2.95. The molecular formula is C26H34N2O3. The van der Waals surface area contributed by atoms with Gasteiger partial charge in [0, 0.05) is 29.1 Å². The van der Waals surface area contributed by atoms with Crippen molar-refractivity contribution in [1.29, 1.82) is 0 Å². The van der Waals surface area contributed by atoms with Gasteiger partial charge in [-0.25, -0.2) is 0 Å². The van der Waals surface area contributed by atoms with Gasteiger partial charge in [0.2, 0.25) is 5.91 Å². The maximum Gasteiger partial charge on any atom is 0.259 e. The number of benzene rings is 1. The maximum absolute atomic E-state index is 13.2. The first-order chi connectivity index (χ1) is 14.8. The Labute approximate surface area is 183 Å². The molecule has 2 aromatic rings. The smallest absolute Gasteiger partial charge is 0.259 e. The molecule has 2 N–H and O–H groups in total. The minimum atomic E-state index is -0.679. The average molecular weight is 423 g/mol. The summed E-state index contributed by atoms with van der Waals surface area (Å²) in [5.74, 6) is 2.63. The van der Waals surface area contributed by atoms with Crippen molar-refractivity contribution in [1.82, 2.24) is 4.57 Å². The molecule has 4 atom stereocenters. The first-order valence-corrected chi connectivity index (χ1v) is 11.9. The van der Waals surface area contributed by atoms with Crippen LogP contribution in [-0.2, 0) is 10.3 Å². The van der Waals surface area contributed by atoms with Crippen LogP contribution in [0.2, 0.25) is 0 Å². The quantitative estimate of drug-likeness (QED) is 0.736. The number of aliphatic hydroxyl groups excluding tert-OH is 1. The first-order valence-electron chi connectivity index (χ1n) is 11.9. The summed E-state index contributed by atoms with van der Waals surface area (Å²) in [6, 6.07) is 7.37. The molecule has 3 saturated carbocycles. The van der Waals surface area contributed by atoms with Crippen LogP contribution >= 0.6 is 0 Å². The second kappa shape index (κ2) is 7.47. The van der Waals surface area contributed by atoms with E-state index in [9.17, 15) is 14.7 Å². The lowest BCUT2D eigenvalue weighted by atomic mass is 9.65. The summed E-state index contributed by atoms with van der Waals surface area (Å²) in [6.45, 7) is 3.54. The monoisotopic (exact) mass is 422 g/mol. The number of pyridine rings is 1. The summed E-state index contributed by atoms with van der Waals surface area (Å²) in [7, 11) is 0. The lowest BCUT2D eigenvalue weighted by Crippen LogP contribution is -2.38. The Bertz CT molecular complexity index is 1070. The van der Waals surface area contributed by atoms with Gasteiger partial charge < -0.3 is 15.0 Å². The van der Waals surface area contributed by atoms with Crippen LogP contribution in [0.3, 0.4) is 0 Å². The Morgan fingerprint density at radius 1 is 1.19 bits per heavy atom. The van der Waals surface area contributed by atoms with Crippen molar-refractivity contribution in [3.8, 4) is 0 Å². The summed E-state index contributed by atoms with van der Waals surface area (Å²) in [4.78, 5) is 26.2. The number of hydrogen-bond acceptors (Lipinski definition) is 3. The number of fused-ring (bicyclic) bond motifs is 3. The molecular weight excluding hydrogens is 388 g/mol. The van der Waals surface area contributed by atoms with Gasteiger partial charge in [-0.1, -0.05) is 18.9 Å². The van der Waals surface area contributed by atoms with E-state index >= 15 is 0 Å². The highest BCUT2D eigenvalue weighted by atomic mass is 16.3. The first kappa shape index (κ1) is 20.7. The van der Waals surface area contributed by atoms with E-state index in [1.165, 1.54) is 44.9 Å². The van der Waals surface area contributed by atoms with Crippen LogP contribution in [0.15, 0.2) is 35.3 Å². The predicted octanol–water partition coefficient (Wildman–Crippen LogP) is 4.66. The van der Waals surface area contributed by atoms with Crippen LogP contribution < -0.4 is 10.9 Å². The number of aliphatic hydroxyl groups is 1. The van der Waals surface area contributed by atoms with E-state index in [2.05, 4.69) is 5.32 Å². The van der Waals surface area contributed by atoms with Crippen LogP contribution in [0.1, 0.15) is 65.2 Å². The van der Waals surface area contributed by atoms with Gasteiger partial charge in [0.05, 0.1) is 12.1 Å². The molecule has 3 aliphatic rings. The van der Waals surface area contributed by atoms with E-state index in [4.69, 9.17) is 0 Å². The third-order valence-corrected chi connectivity index (χ3v) is 8.43. The Morgan fingerprint density at radius 2 is 2.00 bits per heavy atom. The SMILES string of the molecule is CC(C)(CO)n1ccc2c(NC(=O)CC34CCCC5CC(CC5C3)C4)cccc2c1=O. The molecule has 0 spiro atoms. The molecule has 1 heterocycles. The van der Waals surface area contributed by atoms with E-state index in [1.54, 1.807) is 16.8 Å². The standard InChI is InChI=1S/C26H34N2O3/c1-25(2,16-29)28-10-8-20-21(24(28)31)6-3-7-22(20)27-23(30)15-26-9-4-5-18-11-17(13-26)12-19(18)14-26/h3,6-8,10,17-19,29H,4-5,9,11-16H2,1-2H3,(H,27,30). The lowest BCUT2D eigenvalue weighted by molar-refractivity contribution is -0.119. The minimum absolute atomic E-state index is 0.0760. The number of nitrogens with zero attached hydrogens (tertiary/aromatic N) is 1. The molecule has 4 unspecified atom stereocenters. The molecule has 0 aliphatic heterocycles. The minimum Gasteiger partial charge on any atom is -0.394 e. The van der Waals surface area contributed by atoms with Gasteiger partial charge in [-0.3, -0.25) is 9.59 Å². The van der Waals surface area contributed by atoms with Gasteiger partial charge in [-0.05, 0) is 87.3 Å². The van der Waals surface area contributed by atoms with Crippen LogP contribution in [0.25, 0.3) is 10.8 Å². The topological polar surface area (TPSA) is 71.3 Å². The summed E-state index contributed by atoms with van der Waals surface area (Å²) >= 11 is 0. The van der Waals surface area contributed by atoms with Crippen LogP contribution in [0.5, 0.6) is 0 Å². The van der Waals surface area contributed by atoms with Gasteiger partial charge in [-0.2, -0.15) is 0 Å². The van der Waals surface area contributed by atoms with E-state index in [0.717, 1.165) is 23.1 Å². The molecule has 5 rings (SSSR count). The predicted molar refractivity (Wildman–Crippen MR) is 123 cm³/mol. The zero-order valence-corrected chi connectivity index (χ0v) is 18.7. The Morgan fingerprint density at radius 3 is 2.81 bits per heavy atom. The molecule has 1 aromatic carbocycles. The van der Waals surface area contributed by atoms with E-state index in [1.807, 2.05) is 32.0 Å². The van der Waals surface area contributed by atoms with Crippen LogP contribution in [0, 0.1) is 23.2 Å². The van der Waals surface area contributed by atoms with Gasteiger partial charge in [0.1, 0.15) is 0 Å². The normalized spacial score (nSPS) is 29.8. The van der Waals surface area contributed by atoms with Crippen molar-refractivity contribution in [3.05, 3.63) is 40.8 Å². The number of rotatable bonds is 5.